The van der Waals surface area contributed by atoms with Crippen molar-refractivity contribution in [1.82, 2.24) is 4.90 Å². The van der Waals surface area contributed by atoms with Gasteiger partial charge in [-0.15, -0.1) is 0 Å². The van der Waals surface area contributed by atoms with Crippen LogP contribution in [-0.4, -0.2) is 24.1 Å². The van der Waals surface area contributed by atoms with Gasteiger partial charge in [0.1, 0.15) is 0 Å². The average molecular weight is 255 g/mol. The quantitative estimate of drug-likeness (QED) is 0.904. The summed E-state index contributed by atoms with van der Waals surface area (Å²) in [5, 5.41) is 9.39. The second-order valence-electron chi connectivity index (χ2n) is 5.08. The van der Waals surface area contributed by atoms with Gasteiger partial charge in [0.25, 0.3) is 0 Å². The van der Waals surface area contributed by atoms with Crippen LogP contribution in [0.15, 0.2) is 48.5 Å². The number of aliphatic hydroxyl groups excluding tert-OH is 1. The molecule has 2 rings (SSSR count). The lowest BCUT2D eigenvalue weighted by Crippen LogP contribution is -2.16. The first kappa shape index (κ1) is 13.8. The van der Waals surface area contributed by atoms with Crippen molar-refractivity contribution in [1.29, 1.82) is 0 Å². The summed E-state index contributed by atoms with van der Waals surface area (Å²) in [4.78, 5) is 2.19. The second-order valence-corrected chi connectivity index (χ2v) is 5.08. The fourth-order valence-corrected chi connectivity index (χ4v) is 2.18. The molecule has 2 aromatic rings. The first-order valence-corrected chi connectivity index (χ1v) is 6.59. The minimum absolute atomic E-state index is 0.0754. The maximum atomic E-state index is 9.39. The highest BCUT2D eigenvalue weighted by molar-refractivity contribution is 5.67. The zero-order valence-corrected chi connectivity index (χ0v) is 11.8. The summed E-state index contributed by atoms with van der Waals surface area (Å²) in [7, 11) is 4.17. The van der Waals surface area contributed by atoms with Crippen molar-refractivity contribution in [3.8, 4) is 11.1 Å². The van der Waals surface area contributed by atoms with Crippen LogP contribution in [0.25, 0.3) is 11.1 Å². The predicted molar refractivity (Wildman–Crippen MR) is 79.9 cm³/mol. The lowest BCUT2D eigenvalue weighted by atomic mass is 9.97. The normalized spacial score (nSPS) is 12.7. The van der Waals surface area contributed by atoms with Crippen LogP contribution < -0.4 is 0 Å². The number of hydrogen-bond acceptors (Lipinski definition) is 2. The van der Waals surface area contributed by atoms with Crippen LogP contribution >= 0.6 is 0 Å². The number of benzene rings is 2. The number of nitrogens with zero attached hydrogens (tertiary/aromatic N) is 1. The van der Waals surface area contributed by atoms with Gasteiger partial charge in [0.15, 0.2) is 0 Å². The van der Waals surface area contributed by atoms with Crippen LogP contribution in [-0.2, 0) is 6.61 Å². The molecule has 2 aromatic carbocycles. The van der Waals surface area contributed by atoms with Crippen LogP contribution in [0.1, 0.15) is 24.1 Å². The van der Waals surface area contributed by atoms with Crippen molar-refractivity contribution in [3.63, 3.8) is 0 Å². The van der Waals surface area contributed by atoms with Crippen molar-refractivity contribution in [2.75, 3.05) is 14.1 Å². The highest BCUT2D eigenvalue weighted by Gasteiger charge is 2.08. The van der Waals surface area contributed by atoms with Gasteiger partial charge < -0.3 is 10.0 Å². The van der Waals surface area contributed by atoms with Crippen LogP contribution in [0.4, 0.5) is 0 Å². The van der Waals surface area contributed by atoms with E-state index >= 15 is 0 Å². The molecule has 0 aromatic heterocycles. The van der Waals surface area contributed by atoms with Gasteiger partial charge in [0.2, 0.25) is 0 Å². The summed E-state index contributed by atoms with van der Waals surface area (Å²) in [5.74, 6) is 0. The van der Waals surface area contributed by atoms with E-state index in [-0.39, 0.29) is 6.61 Å². The van der Waals surface area contributed by atoms with Gasteiger partial charge in [0.05, 0.1) is 6.61 Å². The topological polar surface area (TPSA) is 23.5 Å². The van der Waals surface area contributed by atoms with Crippen molar-refractivity contribution >= 4 is 0 Å². The molecule has 0 amide bonds. The van der Waals surface area contributed by atoms with Crippen LogP contribution in [0.3, 0.4) is 0 Å². The van der Waals surface area contributed by atoms with Gasteiger partial charge in [-0.25, -0.2) is 0 Å². The van der Waals surface area contributed by atoms with E-state index < -0.39 is 0 Å². The molecular formula is C17H21NO. The van der Waals surface area contributed by atoms with E-state index in [1.54, 1.807) is 0 Å². The third kappa shape index (κ3) is 3.03. The molecule has 0 saturated heterocycles. The second kappa shape index (κ2) is 6.00. The molecule has 19 heavy (non-hydrogen) atoms. The van der Waals surface area contributed by atoms with Gasteiger partial charge in [-0.1, -0.05) is 48.5 Å². The maximum absolute atomic E-state index is 9.39. The molecule has 0 bridgehead atoms. The molecule has 0 aliphatic heterocycles. The molecule has 2 heteroatoms. The molecule has 0 radical (unpaired) electrons. The Morgan fingerprint density at radius 2 is 1.63 bits per heavy atom. The monoisotopic (exact) mass is 255 g/mol. The molecule has 1 N–H and O–H groups in total. The van der Waals surface area contributed by atoms with Gasteiger partial charge in [-0.3, -0.25) is 0 Å². The van der Waals surface area contributed by atoms with Gasteiger partial charge in [0, 0.05) is 6.04 Å². The third-order valence-electron chi connectivity index (χ3n) is 3.67. The van der Waals surface area contributed by atoms with Crippen molar-refractivity contribution < 1.29 is 5.11 Å². The smallest absolute Gasteiger partial charge is 0.0687 e. The Bertz CT molecular complexity index is 531. The van der Waals surface area contributed by atoms with E-state index in [2.05, 4.69) is 56.3 Å². The molecule has 100 valence electrons. The number of hydrogen-bond donors (Lipinski definition) is 1. The SMILES string of the molecule is C[C@@H](c1ccc(-c2ccccc2CO)cc1)N(C)C. The largest absolute Gasteiger partial charge is 0.392 e. The summed E-state index contributed by atoms with van der Waals surface area (Å²) in [6.45, 7) is 2.27. The molecular weight excluding hydrogens is 234 g/mol. The fourth-order valence-electron chi connectivity index (χ4n) is 2.18. The Hall–Kier alpha value is -1.64. The van der Waals surface area contributed by atoms with Crippen molar-refractivity contribution in [3.05, 3.63) is 59.7 Å². The van der Waals surface area contributed by atoms with Crippen LogP contribution in [0.5, 0.6) is 0 Å². The van der Waals surface area contributed by atoms with E-state index in [4.69, 9.17) is 0 Å². The summed E-state index contributed by atoms with van der Waals surface area (Å²) in [6.07, 6.45) is 0. The average Bonchev–Trinajstić information content (AvgIpc) is 2.46. The zero-order chi connectivity index (χ0) is 13.8. The molecule has 0 fully saturated rings. The Kier molecular flexibility index (Phi) is 4.35. The van der Waals surface area contributed by atoms with E-state index in [1.807, 2.05) is 18.2 Å². The maximum Gasteiger partial charge on any atom is 0.0687 e. The molecule has 0 unspecified atom stereocenters. The first-order valence-electron chi connectivity index (χ1n) is 6.59. The molecule has 1 atom stereocenters. The Labute approximate surface area is 115 Å². The fraction of sp³-hybridized carbons (Fsp3) is 0.294. The predicted octanol–water partition coefficient (Wildman–Crippen LogP) is 3.47. The minimum Gasteiger partial charge on any atom is -0.392 e. The van der Waals surface area contributed by atoms with E-state index in [9.17, 15) is 5.11 Å². The zero-order valence-electron chi connectivity index (χ0n) is 11.8. The summed E-state index contributed by atoms with van der Waals surface area (Å²) in [6, 6.07) is 17.0. The Morgan fingerprint density at radius 1 is 1.00 bits per heavy atom. The molecule has 0 aliphatic carbocycles. The van der Waals surface area contributed by atoms with Crippen LogP contribution in [0, 0.1) is 0 Å². The lowest BCUT2D eigenvalue weighted by molar-refractivity contribution is 0.282. The van der Waals surface area contributed by atoms with Crippen LogP contribution in [0.2, 0.25) is 0 Å². The Balaban J connectivity index is 2.32. The van der Waals surface area contributed by atoms with E-state index in [0.29, 0.717) is 6.04 Å². The first-order chi connectivity index (χ1) is 9.13. The number of aliphatic hydroxyl groups is 1. The van der Waals surface area contributed by atoms with Gasteiger partial charge >= 0.3 is 0 Å². The van der Waals surface area contributed by atoms with Gasteiger partial charge in [-0.2, -0.15) is 0 Å². The highest BCUT2D eigenvalue weighted by atomic mass is 16.3. The van der Waals surface area contributed by atoms with Crippen molar-refractivity contribution in [2.24, 2.45) is 0 Å². The highest BCUT2D eigenvalue weighted by Crippen LogP contribution is 2.26. The standard InChI is InChI=1S/C17H21NO/c1-13(18(2)3)14-8-10-15(11-9-14)17-7-5-4-6-16(17)12-19/h4-11,13,19H,12H2,1-3H3/t13-/m0/s1. The molecule has 0 aliphatic rings. The Morgan fingerprint density at radius 3 is 2.21 bits per heavy atom. The summed E-state index contributed by atoms with van der Waals surface area (Å²) < 4.78 is 0. The minimum atomic E-state index is 0.0754. The molecule has 0 heterocycles. The molecule has 0 spiro atoms. The van der Waals surface area contributed by atoms with E-state index in [1.165, 1.54) is 5.56 Å². The van der Waals surface area contributed by atoms with Gasteiger partial charge in [-0.05, 0) is 43.3 Å². The van der Waals surface area contributed by atoms with Crippen molar-refractivity contribution in [2.45, 2.75) is 19.6 Å². The van der Waals surface area contributed by atoms with E-state index in [0.717, 1.165) is 16.7 Å². The third-order valence-corrected chi connectivity index (χ3v) is 3.67. The molecule has 2 nitrogen and oxygen atoms in total. The molecule has 0 saturated carbocycles. The summed E-state index contributed by atoms with van der Waals surface area (Å²) in [5.41, 5.74) is 4.53. The lowest BCUT2D eigenvalue weighted by Gasteiger charge is -2.20. The summed E-state index contributed by atoms with van der Waals surface area (Å²) >= 11 is 0. The number of rotatable bonds is 4.